The van der Waals surface area contributed by atoms with Gasteiger partial charge in [-0.3, -0.25) is 0 Å². The van der Waals surface area contributed by atoms with Gasteiger partial charge in [-0.15, -0.1) is 6.42 Å². The third kappa shape index (κ3) is 1.60. The SMILES string of the molecule is C#Cc1c[c]ccc1-c1ncnc2[nH]cc(Br)c12. The van der Waals surface area contributed by atoms with Crippen LogP contribution in [0, 0.1) is 18.4 Å². The average Bonchev–Trinajstić information content (AvgIpc) is 2.81. The lowest BCUT2D eigenvalue weighted by atomic mass is 10.0. The van der Waals surface area contributed by atoms with Crippen LogP contribution >= 0.6 is 15.9 Å². The number of nitrogens with one attached hydrogen (secondary N) is 1. The third-order valence-corrected chi connectivity index (χ3v) is 3.32. The molecule has 3 nitrogen and oxygen atoms in total. The second-order valence-electron chi connectivity index (χ2n) is 3.70. The minimum atomic E-state index is 0.769. The quantitative estimate of drug-likeness (QED) is 0.701. The number of benzene rings is 1. The molecule has 1 aromatic carbocycles. The van der Waals surface area contributed by atoms with Crippen molar-refractivity contribution in [3.05, 3.63) is 46.8 Å². The van der Waals surface area contributed by atoms with Gasteiger partial charge in [0.1, 0.15) is 12.0 Å². The molecule has 0 saturated heterocycles. The van der Waals surface area contributed by atoms with E-state index in [1.165, 1.54) is 6.33 Å². The van der Waals surface area contributed by atoms with Gasteiger partial charge in [0, 0.05) is 21.8 Å². The van der Waals surface area contributed by atoms with Gasteiger partial charge >= 0.3 is 0 Å². The Morgan fingerprint density at radius 2 is 2.28 bits per heavy atom. The largest absolute Gasteiger partial charge is 0.345 e. The molecule has 2 aromatic heterocycles. The van der Waals surface area contributed by atoms with Crippen LogP contribution in [0.25, 0.3) is 22.3 Å². The van der Waals surface area contributed by atoms with Crippen molar-refractivity contribution in [2.24, 2.45) is 0 Å². The lowest BCUT2D eigenvalue weighted by molar-refractivity contribution is 1.20. The normalized spacial score (nSPS) is 10.4. The summed E-state index contributed by atoms with van der Waals surface area (Å²) in [6.07, 6.45) is 8.88. The van der Waals surface area contributed by atoms with Crippen LogP contribution in [0.3, 0.4) is 0 Å². The zero-order chi connectivity index (χ0) is 12.5. The molecule has 0 spiro atoms. The minimum absolute atomic E-state index is 0.769. The lowest BCUT2D eigenvalue weighted by Crippen LogP contribution is -1.90. The van der Waals surface area contributed by atoms with E-state index < -0.39 is 0 Å². The summed E-state index contributed by atoms with van der Waals surface area (Å²) in [5.74, 6) is 2.65. The first-order chi connectivity index (χ1) is 8.81. The van der Waals surface area contributed by atoms with Gasteiger partial charge in [-0.2, -0.15) is 0 Å². The molecule has 85 valence electrons. The van der Waals surface area contributed by atoms with Crippen LogP contribution in [-0.4, -0.2) is 15.0 Å². The predicted molar refractivity (Wildman–Crippen MR) is 73.8 cm³/mol. The summed E-state index contributed by atoms with van der Waals surface area (Å²) in [6.45, 7) is 0. The lowest BCUT2D eigenvalue weighted by Gasteiger charge is -2.05. The number of H-pyrrole nitrogens is 1. The molecule has 0 fully saturated rings. The van der Waals surface area contributed by atoms with Crippen molar-refractivity contribution >= 4 is 27.0 Å². The average molecular weight is 297 g/mol. The molecule has 0 amide bonds. The van der Waals surface area contributed by atoms with Crippen molar-refractivity contribution in [1.29, 1.82) is 0 Å². The molecule has 3 aromatic rings. The van der Waals surface area contributed by atoms with E-state index in [4.69, 9.17) is 6.42 Å². The molecule has 3 rings (SSSR count). The maximum atomic E-state index is 5.51. The number of hydrogen-bond acceptors (Lipinski definition) is 2. The molecule has 0 aliphatic carbocycles. The Kier molecular flexibility index (Phi) is 2.62. The Hall–Kier alpha value is -2.12. The molecule has 0 atom stereocenters. The maximum Gasteiger partial charge on any atom is 0.142 e. The fraction of sp³-hybridized carbons (Fsp3) is 0. The van der Waals surface area contributed by atoms with Crippen molar-refractivity contribution in [3.63, 3.8) is 0 Å². The van der Waals surface area contributed by atoms with Gasteiger partial charge in [0.05, 0.1) is 11.1 Å². The van der Waals surface area contributed by atoms with Crippen LogP contribution in [0.15, 0.2) is 35.2 Å². The van der Waals surface area contributed by atoms with E-state index in [2.05, 4.69) is 42.9 Å². The number of rotatable bonds is 1. The molecule has 0 saturated carbocycles. The highest BCUT2D eigenvalue weighted by Gasteiger charge is 2.13. The van der Waals surface area contributed by atoms with Gasteiger partial charge in [0.15, 0.2) is 0 Å². The van der Waals surface area contributed by atoms with Gasteiger partial charge < -0.3 is 4.98 Å². The molecule has 0 aliphatic rings. The molecular formula is C14H7BrN3. The Morgan fingerprint density at radius 1 is 1.39 bits per heavy atom. The van der Waals surface area contributed by atoms with Gasteiger partial charge in [-0.1, -0.05) is 18.1 Å². The molecule has 1 radical (unpaired) electrons. The monoisotopic (exact) mass is 296 g/mol. The van der Waals surface area contributed by atoms with Crippen LogP contribution in [0.4, 0.5) is 0 Å². The Balaban J connectivity index is 2.39. The Morgan fingerprint density at radius 3 is 3.11 bits per heavy atom. The molecule has 0 bridgehead atoms. The topological polar surface area (TPSA) is 41.6 Å². The highest BCUT2D eigenvalue weighted by atomic mass is 79.9. The van der Waals surface area contributed by atoms with Crippen LogP contribution in [0.2, 0.25) is 0 Å². The molecule has 0 unspecified atom stereocenters. The van der Waals surface area contributed by atoms with E-state index in [-0.39, 0.29) is 0 Å². The standard InChI is InChI=1S/C14H7BrN3/c1-2-9-5-3-4-6-10(9)13-12-11(15)7-16-14(12)18-8-17-13/h1,4-8H,(H,16,17,18). The maximum absolute atomic E-state index is 5.51. The highest BCUT2D eigenvalue weighted by molar-refractivity contribution is 9.10. The second kappa shape index (κ2) is 4.28. The summed E-state index contributed by atoms with van der Waals surface area (Å²) in [5.41, 5.74) is 3.27. The Bertz CT molecular complexity index is 768. The molecule has 2 heterocycles. The van der Waals surface area contributed by atoms with Crippen molar-refractivity contribution < 1.29 is 0 Å². The zero-order valence-corrected chi connectivity index (χ0v) is 10.8. The third-order valence-electron chi connectivity index (χ3n) is 2.70. The van der Waals surface area contributed by atoms with Crippen molar-refractivity contribution in [2.45, 2.75) is 0 Å². The van der Waals surface area contributed by atoms with Crippen LogP contribution in [0.5, 0.6) is 0 Å². The van der Waals surface area contributed by atoms with E-state index >= 15 is 0 Å². The van der Waals surface area contributed by atoms with Crippen LogP contribution in [0.1, 0.15) is 5.56 Å². The first kappa shape index (κ1) is 11.0. The van der Waals surface area contributed by atoms with Gasteiger partial charge in [0.2, 0.25) is 0 Å². The van der Waals surface area contributed by atoms with E-state index in [1.807, 2.05) is 18.3 Å². The predicted octanol–water partition coefficient (Wildman–Crippen LogP) is 3.17. The number of nitrogens with zero attached hydrogens (tertiary/aromatic N) is 2. The summed E-state index contributed by atoms with van der Waals surface area (Å²) in [4.78, 5) is 11.6. The fourth-order valence-electron chi connectivity index (χ4n) is 1.89. The van der Waals surface area contributed by atoms with Crippen molar-refractivity contribution in [1.82, 2.24) is 15.0 Å². The van der Waals surface area contributed by atoms with Gasteiger partial charge in [-0.25, -0.2) is 9.97 Å². The fourth-order valence-corrected chi connectivity index (χ4v) is 2.38. The Labute approximate surface area is 112 Å². The summed E-state index contributed by atoms with van der Waals surface area (Å²) >= 11 is 3.49. The number of fused-ring (bicyclic) bond motifs is 1. The summed E-state index contributed by atoms with van der Waals surface area (Å²) < 4.78 is 0.920. The summed E-state index contributed by atoms with van der Waals surface area (Å²) in [5, 5.41) is 0.931. The van der Waals surface area contributed by atoms with Crippen LogP contribution < -0.4 is 0 Å². The number of halogens is 1. The van der Waals surface area contributed by atoms with Gasteiger partial charge in [-0.05, 0) is 28.1 Å². The molecule has 4 heteroatoms. The molecule has 1 N–H and O–H groups in total. The van der Waals surface area contributed by atoms with E-state index in [1.54, 1.807) is 6.07 Å². The minimum Gasteiger partial charge on any atom is -0.345 e. The molecule has 0 aliphatic heterocycles. The molecular weight excluding hydrogens is 290 g/mol. The van der Waals surface area contributed by atoms with Crippen LogP contribution in [-0.2, 0) is 0 Å². The first-order valence-corrected chi connectivity index (χ1v) is 6.05. The van der Waals surface area contributed by atoms with Crippen molar-refractivity contribution in [2.75, 3.05) is 0 Å². The number of aromatic amines is 1. The summed E-state index contributed by atoms with van der Waals surface area (Å²) in [7, 11) is 0. The first-order valence-electron chi connectivity index (χ1n) is 5.26. The number of hydrogen-bond donors (Lipinski definition) is 1. The zero-order valence-electron chi connectivity index (χ0n) is 9.24. The molecule has 18 heavy (non-hydrogen) atoms. The van der Waals surface area contributed by atoms with E-state index in [0.717, 1.165) is 32.3 Å². The number of aromatic nitrogens is 3. The smallest absolute Gasteiger partial charge is 0.142 e. The van der Waals surface area contributed by atoms with E-state index in [9.17, 15) is 0 Å². The second-order valence-corrected chi connectivity index (χ2v) is 4.55. The highest BCUT2D eigenvalue weighted by Crippen LogP contribution is 2.32. The van der Waals surface area contributed by atoms with Crippen molar-refractivity contribution in [3.8, 4) is 23.6 Å². The van der Waals surface area contributed by atoms with Gasteiger partial charge in [0.25, 0.3) is 0 Å². The summed E-state index contributed by atoms with van der Waals surface area (Å²) in [6, 6.07) is 8.49. The number of terminal acetylenes is 1. The van der Waals surface area contributed by atoms with E-state index in [0.29, 0.717) is 0 Å².